The first kappa shape index (κ1) is 18.9. The fraction of sp³-hybridized carbons (Fsp3) is 0.267. The van der Waals surface area contributed by atoms with E-state index in [2.05, 4.69) is 5.32 Å². The SMILES string of the molecule is COCCN(C)S(=O)(=O)c1csc(C(=O)Nc2ccc(Cl)cc2)c1. The van der Waals surface area contributed by atoms with Gasteiger partial charge in [-0.15, -0.1) is 11.3 Å². The minimum atomic E-state index is -3.64. The zero-order chi connectivity index (χ0) is 17.7. The van der Waals surface area contributed by atoms with Crippen molar-refractivity contribution in [3.63, 3.8) is 0 Å². The van der Waals surface area contributed by atoms with Crippen LogP contribution in [0.2, 0.25) is 5.02 Å². The molecule has 2 aromatic rings. The maximum absolute atomic E-state index is 12.4. The number of hydrogen-bond donors (Lipinski definition) is 1. The number of rotatable bonds is 7. The van der Waals surface area contributed by atoms with Gasteiger partial charge in [0.2, 0.25) is 10.0 Å². The number of nitrogens with zero attached hydrogens (tertiary/aromatic N) is 1. The van der Waals surface area contributed by atoms with Gasteiger partial charge in [0.05, 0.1) is 16.4 Å². The Morgan fingerprint density at radius 1 is 1.33 bits per heavy atom. The number of nitrogens with one attached hydrogen (secondary N) is 1. The summed E-state index contributed by atoms with van der Waals surface area (Å²) < 4.78 is 30.9. The standard InChI is InChI=1S/C15H17ClN2O4S2/c1-18(7-8-22-2)24(20,21)13-9-14(23-10-13)15(19)17-12-5-3-11(16)4-6-12/h3-6,9-10H,7-8H2,1-2H3,(H,17,19). The van der Waals surface area contributed by atoms with Gasteiger partial charge in [-0.25, -0.2) is 8.42 Å². The molecule has 9 heteroatoms. The minimum absolute atomic E-state index is 0.0901. The predicted molar refractivity (Wildman–Crippen MR) is 95.4 cm³/mol. The van der Waals surface area contributed by atoms with Gasteiger partial charge in [-0.05, 0) is 30.3 Å². The molecule has 0 saturated heterocycles. The number of methoxy groups -OCH3 is 1. The number of likely N-dealkylation sites (N-methyl/N-ethyl adjacent to an activating group) is 1. The molecule has 2 rings (SSSR count). The summed E-state index contributed by atoms with van der Waals surface area (Å²) >= 11 is 6.87. The van der Waals surface area contributed by atoms with Gasteiger partial charge in [-0.1, -0.05) is 11.6 Å². The van der Waals surface area contributed by atoms with Gasteiger partial charge in [-0.3, -0.25) is 4.79 Å². The summed E-state index contributed by atoms with van der Waals surface area (Å²) in [6, 6.07) is 8.03. The van der Waals surface area contributed by atoms with E-state index < -0.39 is 10.0 Å². The Hall–Kier alpha value is -1.45. The maximum atomic E-state index is 12.4. The molecule has 0 fully saturated rings. The summed E-state index contributed by atoms with van der Waals surface area (Å²) in [5, 5.41) is 4.72. The van der Waals surface area contributed by atoms with Gasteiger partial charge in [0, 0.05) is 36.8 Å². The molecule has 0 aliphatic heterocycles. The smallest absolute Gasteiger partial charge is 0.265 e. The first-order valence-electron chi connectivity index (χ1n) is 6.95. The van der Waals surface area contributed by atoms with E-state index in [0.29, 0.717) is 22.2 Å². The lowest BCUT2D eigenvalue weighted by molar-refractivity contribution is 0.103. The van der Waals surface area contributed by atoms with Crippen molar-refractivity contribution >= 4 is 44.6 Å². The van der Waals surface area contributed by atoms with Crippen molar-refractivity contribution in [3.8, 4) is 0 Å². The maximum Gasteiger partial charge on any atom is 0.265 e. The van der Waals surface area contributed by atoms with Crippen molar-refractivity contribution in [2.24, 2.45) is 0 Å². The van der Waals surface area contributed by atoms with E-state index in [1.54, 1.807) is 24.3 Å². The number of sulfonamides is 1. The van der Waals surface area contributed by atoms with Crippen molar-refractivity contribution in [1.82, 2.24) is 4.31 Å². The second kappa shape index (κ2) is 8.09. The molecule has 1 heterocycles. The number of halogens is 1. The molecule has 24 heavy (non-hydrogen) atoms. The van der Waals surface area contributed by atoms with Gasteiger partial charge in [0.15, 0.2) is 0 Å². The average molecular weight is 389 g/mol. The molecular formula is C15H17ClN2O4S2. The highest BCUT2D eigenvalue weighted by Gasteiger charge is 2.23. The number of anilines is 1. The highest BCUT2D eigenvalue weighted by molar-refractivity contribution is 7.89. The van der Waals surface area contributed by atoms with Gasteiger partial charge in [-0.2, -0.15) is 4.31 Å². The normalized spacial score (nSPS) is 11.7. The topological polar surface area (TPSA) is 75.7 Å². The first-order valence-corrected chi connectivity index (χ1v) is 9.65. The molecule has 0 aliphatic carbocycles. The molecule has 0 radical (unpaired) electrons. The molecular weight excluding hydrogens is 372 g/mol. The van der Waals surface area contributed by atoms with Crippen LogP contribution in [-0.4, -0.2) is 45.9 Å². The monoisotopic (exact) mass is 388 g/mol. The quantitative estimate of drug-likeness (QED) is 0.791. The van der Waals surface area contributed by atoms with Gasteiger partial charge in [0.1, 0.15) is 0 Å². The van der Waals surface area contributed by atoms with Crippen LogP contribution in [-0.2, 0) is 14.8 Å². The van der Waals surface area contributed by atoms with E-state index in [9.17, 15) is 13.2 Å². The van der Waals surface area contributed by atoms with E-state index in [1.165, 1.54) is 29.9 Å². The van der Waals surface area contributed by atoms with Crippen molar-refractivity contribution in [2.45, 2.75) is 4.90 Å². The molecule has 0 unspecified atom stereocenters. The summed E-state index contributed by atoms with van der Waals surface area (Å²) in [5.74, 6) is -0.372. The predicted octanol–water partition coefficient (Wildman–Crippen LogP) is 2.92. The Kier molecular flexibility index (Phi) is 6.36. The number of hydrogen-bond acceptors (Lipinski definition) is 5. The molecule has 1 aromatic carbocycles. The molecule has 1 N–H and O–H groups in total. The first-order chi connectivity index (χ1) is 11.3. The van der Waals surface area contributed by atoms with Crippen LogP contribution in [0.1, 0.15) is 9.67 Å². The third kappa shape index (κ3) is 4.55. The zero-order valence-electron chi connectivity index (χ0n) is 13.2. The zero-order valence-corrected chi connectivity index (χ0v) is 15.5. The van der Waals surface area contributed by atoms with Crippen LogP contribution in [0, 0.1) is 0 Å². The minimum Gasteiger partial charge on any atom is -0.383 e. The summed E-state index contributed by atoms with van der Waals surface area (Å²) in [7, 11) is -0.660. The van der Waals surface area contributed by atoms with Crippen LogP contribution in [0.4, 0.5) is 5.69 Å². The van der Waals surface area contributed by atoms with E-state index in [1.807, 2.05) is 0 Å². The average Bonchev–Trinajstić information content (AvgIpc) is 3.05. The van der Waals surface area contributed by atoms with E-state index >= 15 is 0 Å². The second-order valence-corrected chi connectivity index (χ2v) is 8.32. The number of benzene rings is 1. The molecule has 0 saturated carbocycles. The number of thiophene rings is 1. The van der Waals surface area contributed by atoms with Crippen molar-refractivity contribution < 1.29 is 17.9 Å². The number of amides is 1. The molecule has 0 atom stereocenters. The van der Waals surface area contributed by atoms with Crippen molar-refractivity contribution in [2.75, 3.05) is 32.6 Å². The van der Waals surface area contributed by atoms with Crippen LogP contribution in [0.15, 0.2) is 40.6 Å². The fourth-order valence-electron chi connectivity index (χ4n) is 1.82. The summed E-state index contributed by atoms with van der Waals surface area (Å²) in [6.07, 6.45) is 0. The van der Waals surface area contributed by atoms with E-state index in [4.69, 9.17) is 16.3 Å². The molecule has 1 amide bonds. The number of ether oxygens (including phenoxy) is 1. The molecule has 0 aliphatic rings. The lowest BCUT2D eigenvalue weighted by atomic mass is 10.3. The summed E-state index contributed by atoms with van der Waals surface area (Å²) in [6.45, 7) is 0.533. The fourth-order valence-corrected chi connectivity index (χ4v) is 4.26. The van der Waals surface area contributed by atoms with Crippen LogP contribution in [0.3, 0.4) is 0 Å². The largest absolute Gasteiger partial charge is 0.383 e. The van der Waals surface area contributed by atoms with E-state index in [0.717, 1.165) is 11.3 Å². The van der Waals surface area contributed by atoms with E-state index in [-0.39, 0.29) is 17.3 Å². The third-order valence-electron chi connectivity index (χ3n) is 3.22. The molecule has 1 aromatic heterocycles. The molecule has 0 spiro atoms. The molecule has 6 nitrogen and oxygen atoms in total. The Balaban J connectivity index is 2.11. The molecule has 130 valence electrons. The van der Waals surface area contributed by atoms with Crippen molar-refractivity contribution in [1.29, 1.82) is 0 Å². The number of carbonyl (C=O) groups is 1. The van der Waals surface area contributed by atoms with Gasteiger partial charge < -0.3 is 10.1 Å². The van der Waals surface area contributed by atoms with Crippen molar-refractivity contribution in [3.05, 3.63) is 45.6 Å². The van der Waals surface area contributed by atoms with Gasteiger partial charge in [0.25, 0.3) is 5.91 Å². The van der Waals surface area contributed by atoms with Crippen LogP contribution < -0.4 is 5.32 Å². The summed E-state index contributed by atoms with van der Waals surface area (Å²) in [5.41, 5.74) is 0.583. The second-order valence-electron chi connectivity index (χ2n) is 4.93. The Morgan fingerprint density at radius 3 is 2.62 bits per heavy atom. The lowest BCUT2D eigenvalue weighted by Crippen LogP contribution is -2.29. The van der Waals surface area contributed by atoms with Crippen LogP contribution >= 0.6 is 22.9 Å². The van der Waals surface area contributed by atoms with Gasteiger partial charge >= 0.3 is 0 Å². The Morgan fingerprint density at radius 2 is 2.00 bits per heavy atom. The summed E-state index contributed by atoms with van der Waals surface area (Å²) in [4.78, 5) is 12.6. The highest BCUT2D eigenvalue weighted by atomic mass is 35.5. The van der Waals surface area contributed by atoms with Crippen LogP contribution in [0.5, 0.6) is 0 Å². The van der Waals surface area contributed by atoms with Crippen LogP contribution in [0.25, 0.3) is 0 Å². The molecule has 0 bridgehead atoms. The third-order valence-corrected chi connectivity index (χ3v) is 6.38. The lowest BCUT2D eigenvalue weighted by Gasteiger charge is -2.15. The highest BCUT2D eigenvalue weighted by Crippen LogP contribution is 2.23. The number of carbonyl (C=O) groups excluding carboxylic acids is 1. The Labute approximate surface area is 150 Å². The Bertz CT molecular complexity index is 803.